The lowest BCUT2D eigenvalue weighted by atomic mass is 10.1. The summed E-state index contributed by atoms with van der Waals surface area (Å²) >= 11 is 0. The first-order valence-electron chi connectivity index (χ1n) is 12.2. The molecule has 3 aromatic carbocycles. The molecule has 2 amide bonds. The van der Waals surface area contributed by atoms with Crippen molar-refractivity contribution in [2.24, 2.45) is 0 Å². The Bertz CT molecular complexity index is 1430. The van der Waals surface area contributed by atoms with E-state index in [4.69, 9.17) is 9.72 Å². The van der Waals surface area contributed by atoms with E-state index in [9.17, 15) is 9.59 Å². The monoisotopic (exact) mass is 484 g/mol. The van der Waals surface area contributed by atoms with Gasteiger partial charge in [0.25, 0.3) is 5.56 Å². The molecule has 1 atom stereocenters. The summed E-state index contributed by atoms with van der Waals surface area (Å²) in [5, 5.41) is 3.53. The van der Waals surface area contributed by atoms with E-state index >= 15 is 0 Å². The number of carbonyl (C=O) groups excluding carboxylic acids is 1. The number of unbranched alkanes of at least 4 members (excludes halogenated alkanes) is 1. The van der Waals surface area contributed by atoms with Crippen LogP contribution in [0, 0.1) is 6.92 Å². The largest absolute Gasteiger partial charge is 0.495 e. The Morgan fingerprint density at radius 3 is 2.50 bits per heavy atom. The molecule has 1 N–H and O–H groups in total. The molecule has 186 valence electrons. The van der Waals surface area contributed by atoms with Gasteiger partial charge in [0, 0.05) is 6.54 Å². The second-order valence-electron chi connectivity index (χ2n) is 8.77. The molecule has 4 aromatic rings. The molecule has 0 saturated heterocycles. The van der Waals surface area contributed by atoms with Crippen molar-refractivity contribution in [2.75, 3.05) is 19.0 Å². The van der Waals surface area contributed by atoms with Gasteiger partial charge in [-0.15, -0.1) is 0 Å². The van der Waals surface area contributed by atoms with Crippen LogP contribution >= 0.6 is 0 Å². The van der Waals surface area contributed by atoms with Gasteiger partial charge in [0.2, 0.25) is 0 Å². The number of benzene rings is 3. The molecule has 0 bridgehead atoms. The summed E-state index contributed by atoms with van der Waals surface area (Å²) in [4.78, 5) is 34.0. The first kappa shape index (κ1) is 25.0. The number of fused-ring (bicyclic) bond motifs is 1. The second-order valence-corrected chi connectivity index (χ2v) is 8.77. The van der Waals surface area contributed by atoms with Crippen LogP contribution in [0.25, 0.3) is 16.6 Å². The van der Waals surface area contributed by atoms with E-state index in [0.717, 1.165) is 24.1 Å². The average Bonchev–Trinajstić information content (AvgIpc) is 2.89. The van der Waals surface area contributed by atoms with Crippen LogP contribution in [0.15, 0.2) is 77.6 Å². The first-order chi connectivity index (χ1) is 17.5. The summed E-state index contributed by atoms with van der Waals surface area (Å²) in [7, 11) is 1.57. The Hall–Kier alpha value is -4.13. The molecule has 0 saturated carbocycles. The van der Waals surface area contributed by atoms with E-state index < -0.39 is 6.04 Å². The van der Waals surface area contributed by atoms with Crippen LogP contribution in [0.4, 0.5) is 10.5 Å². The average molecular weight is 485 g/mol. The van der Waals surface area contributed by atoms with Crippen molar-refractivity contribution in [2.45, 2.75) is 39.7 Å². The van der Waals surface area contributed by atoms with Crippen molar-refractivity contribution in [3.8, 4) is 11.4 Å². The van der Waals surface area contributed by atoms with Crippen molar-refractivity contribution in [3.05, 3.63) is 94.5 Å². The molecule has 4 rings (SSSR count). The quantitative estimate of drug-likeness (QED) is 0.328. The van der Waals surface area contributed by atoms with Gasteiger partial charge >= 0.3 is 6.03 Å². The number of anilines is 1. The second kappa shape index (κ2) is 11.1. The van der Waals surface area contributed by atoms with Crippen LogP contribution in [0.1, 0.15) is 44.1 Å². The van der Waals surface area contributed by atoms with Crippen molar-refractivity contribution < 1.29 is 9.53 Å². The van der Waals surface area contributed by atoms with Gasteiger partial charge in [-0.1, -0.05) is 55.8 Å². The third-order valence-electron chi connectivity index (χ3n) is 6.36. The molecule has 1 unspecified atom stereocenters. The lowest BCUT2D eigenvalue weighted by Crippen LogP contribution is -2.40. The number of hydrogen-bond acceptors (Lipinski definition) is 4. The minimum Gasteiger partial charge on any atom is -0.495 e. The van der Waals surface area contributed by atoms with Gasteiger partial charge < -0.3 is 15.0 Å². The number of para-hydroxylation sites is 4. The standard InChI is InChI=1S/C29H32N4O3/c1-5-6-19-32(29(35)31-24-16-10-12-18-26(24)36-4)21(3)27-30-23-15-9-8-14-22(23)28(34)33(27)25-17-11-7-13-20(25)2/h7-18,21H,5-6,19H2,1-4H3,(H,31,35). The van der Waals surface area contributed by atoms with Crippen LogP contribution in [-0.2, 0) is 0 Å². The number of methoxy groups -OCH3 is 1. The Kier molecular flexibility index (Phi) is 7.68. The topological polar surface area (TPSA) is 76.5 Å². The van der Waals surface area contributed by atoms with Gasteiger partial charge in [0.05, 0.1) is 35.4 Å². The number of aryl methyl sites for hydroxylation is 1. The van der Waals surface area contributed by atoms with E-state index in [2.05, 4.69) is 12.2 Å². The fourth-order valence-corrected chi connectivity index (χ4v) is 4.35. The summed E-state index contributed by atoms with van der Waals surface area (Å²) in [6.07, 6.45) is 1.73. The zero-order chi connectivity index (χ0) is 25.7. The van der Waals surface area contributed by atoms with E-state index in [-0.39, 0.29) is 11.6 Å². The predicted molar refractivity (Wildman–Crippen MR) is 144 cm³/mol. The Labute approximate surface area is 211 Å². The summed E-state index contributed by atoms with van der Waals surface area (Å²) < 4.78 is 7.07. The molecule has 1 heterocycles. The number of hydrogen-bond donors (Lipinski definition) is 1. The van der Waals surface area contributed by atoms with Gasteiger partial charge in [-0.05, 0) is 56.2 Å². The molecule has 1 aromatic heterocycles. The summed E-state index contributed by atoms with van der Waals surface area (Å²) in [6.45, 7) is 6.48. The number of nitrogens with one attached hydrogen (secondary N) is 1. The molecule has 36 heavy (non-hydrogen) atoms. The molecular weight excluding hydrogens is 452 g/mol. The highest BCUT2D eigenvalue weighted by atomic mass is 16.5. The number of carbonyl (C=O) groups is 1. The third kappa shape index (κ3) is 4.96. The maximum Gasteiger partial charge on any atom is 0.322 e. The van der Waals surface area contributed by atoms with Crippen molar-refractivity contribution in [1.82, 2.24) is 14.5 Å². The minimum atomic E-state index is -0.483. The van der Waals surface area contributed by atoms with E-state index in [0.29, 0.717) is 34.7 Å². The van der Waals surface area contributed by atoms with Gasteiger partial charge in [0.1, 0.15) is 11.6 Å². The fourth-order valence-electron chi connectivity index (χ4n) is 4.35. The van der Waals surface area contributed by atoms with Gasteiger partial charge in [-0.3, -0.25) is 9.36 Å². The normalized spacial score (nSPS) is 11.8. The Morgan fingerprint density at radius 2 is 1.75 bits per heavy atom. The molecule has 0 radical (unpaired) electrons. The molecule has 0 aliphatic heterocycles. The Balaban J connectivity index is 1.84. The Morgan fingerprint density at radius 1 is 1.06 bits per heavy atom. The van der Waals surface area contributed by atoms with Gasteiger partial charge in [0.15, 0.2) is 0 Å². The van der Waals surface area contributed by atoms with Crippen molar-refractivity contribution in [1.29, 1.82) is 0 Å². The van der Waals surface area contributed by atoms with Crippen molar-refractivity contribution >= 4 is 22.6 Å². The summed E-state index contributed by atoms with van der Waals surface area (Å²) in [6, 6.07) is 21.6. The van der Waals surface area contributed by atoms with E-state index in [1.54, 1.807) is 34.8 Å². The molecule has 7 heteroatoms. The predicted octanol–water partition coefficient (Wildman–Crippen LogP) is 6.10. The molecule has 0 aliphatic rings. The number of rotatable bonds is 8. The van der Waals surface area contributed by atoms with Crippen molar-refractivity contribution in [3.63, 3.8) is 0 Å². The number of ether oxygens (including phenoxy) is 1. The highest BCUT2D eigenvalue weighted by Gasteiger charge is 2.27. The van der Waals surface area contributed by atoms with Gasteiger partial charge in [-0.2, -0.15) is 0 Å². The zero-order valence-corrected chi connectivity index (χ0v) is 21.2. The van der Waals surface area contributed by atoms with Crippen LogP contribution in [0.3, 0.4) is 0 Å². The maximum absolute atomic E-state index is 13.8. The molecule has 0 spiro atoms. The number of nitrogens with zero attached hydrogens (tertiary/aromatic N) is 3. The summed E-state index contributed by atoms with van der Waals surface area (Å²) in [5.41, 5.74) is 2.74. The number of aromatic nitrogens is 2. The molecular formula is C29H32N4O3. The smallest absolute Gasteiger partial charge is 0.322 e. The van der Waals surface area contributed by atoms with E-state index in [1.165, 1.54) is 0 Å². The van der Waals surface area contributed by atoms with E-state index in [1.807, 2.05) is 68.4 Å². The first-order valence-corrected chi connectivity index (χ1v) is 12.2. The number of amides is 2. The molecule has 0 aliphatic carbocycles. The summed E-state index contributed by atoms with van der Waals surface area (Å²) in [5.74, 6) is 1.09. The molecule has 0 fully saturated rings. The highest BCUT2D eigenvalue weighted by Crippen LogP contribution is 2.27. The van der Waals surface area contributed by atoms with Crippen LogP contribution in [0.5, 0.6) is 5.75 Å². The van der Waals surface area contributed by atoms with Crippen LogP contribution in [-0.4, -0.2) is 34.1 Å². The van der Waals surface area contributed by atoms with Crippen LogP contribution < -0.4 is 15.6 Å². The van der Waals surface area contributed by atoms with Gasteiger partial charge in [-0.25, -0.2) is 9.78 Å². The zero-order valence-electron chi connectivity index (χ0n) is 21.2. The highest BCUT2D eigenvalue weighted by molar-refractivity contribution is 5.91. The lowest BCUT2D eigenvalue weighted by Gasteiger charge is -2.31. The SMILES string of the molecule is CCCCN(C(=O)Nc1ccccc1OC)C(C)c1nc2ccccc2c(=O)n1-c1ccccc1C. The maximum atomic E-state index is 13.8. The fraction of sp³-hybridized carbons (Fsp3) is 0.276. The van der Waals surface area contributed by atoms with Crippen LogP contribution in [0.2, 0.25) is 0 Å². The third-order valence-corrected chi connectivity index (χ3v) is 6.36. The minimum absolute atomic E-state index is 0.155. The number of urea groups is 1. The molecule has 7 nitrogen and oxygen atoms in total. The lowest BCUT2D eigenvalue weighted by molar-refractivity contribution is 0.188.